The molecule has 0 rings (SSSR count). The highest BCUT2D eigenvalue weighted by Crippen LogP contribution is 2.12. The van der Waals surface area contributed by atoms with E-state index < -0.39 is 6.10 Å². The van der Waals surface area contributed by atoms with E-state index in [9.17, 15) is 14.4 Å². The normalized spacial score (nSPS) is 13.3. The van der Waals surface area contributed by atoms with Crippen LogP contribution < -0.4 is 0 Å². The van der Waals surface area contributed by atoms with Crippen molar-refractivity contribution in [1.29, 1.82) is 0 Å². The molecule has 0 N–H and O–H groups in total. The second-order valence-electron chi connectivity index (χ2n) is 17.0. The van der Waals surface area contributed by atoms with Crippen molar-refractivity contribution >= 4 is 17.9 Å². The highest BCUT2D eigenvalue weighted by atomic mass is 16.6. The number of esters is 3. The van der Waals surface area contributed by atoms with E-state index in [1.54, 1.807) is 0 Å². The maximum atomic E-state index is 12.8. The van der Waals surface area contributed by atoms with Crippen molar-refractivity contribution in [3.8, 4) is 0 Å². The first-order valence-electron chi connectivity index (χ1n) is 26.8. The predicted molar refractivity (Wildman–Crippen MR) is 292 cm³/mol. The zero-order valence-electron chi connectivity index (χ0n) is 43.3. The van der Waals surface area contributed by atoms with Crippen molar-refractivity contribution in [1.82, 2.24) is 0 Å². The molecule has 380 valence electrons. The number of carbonyl (C=O) groups excluding carboxylic acids is 3. The van der Waals surface area contributed by atoms with E-state index in [1.807, 2.05) is 0 Å². The van der Waals surface area contributed by atoms with Gasteiger partial charge in [-0.15, -0.1) is 0 Å². The first-order chi connectivity index (χ1) is 33.5. The molecule has 0 aromatic rings. The first kappa shape index (κ1) is 63.3. The number of unbranched alkanes of at least 4 members (excludes halogenated alkanes) is 11. The quantitative estimate of drug-likeness (QED) is 0.0262. The van der Waals surface area contributed by atoms with Crippen molar-refractivity contribution < 1.29 is 28.6 Å². The van der Waals surface area contributed by atoms with Gasteiger partial charge in [0.2, 0.25) is 0 Å². The van der Waals surface area contributed by atoms with Crippen LogP contribution >= 0.6 is 0 Å². The number of hydrogen-bond acceptors (Lipinski definition) is 6. The average Bonchev–Trinajstić information content (AvgIpc) is 3.34. The fourth-order valence-electron chi connectivity index (χ4n) is 6.58. The van der Waals surface area contributed by atoms with Crippen molar-refractivity contribution in [2.45, 2.75) is 213 Å². The number of ether oxygens (including phenoxy) is 3. The molecule has 0 aromatic carbocycles. The van der Waals surface area contributed by atoms with Gasteiger partial charge in [-0.1, -0.05) is 205 Å². The number of allylic oxidation sites excluding steroid dienone is 24. The van der Waals surface area contributed by atoms with Gasteiger partial charge < -0.3 is 14.2 Å². The van der Waals surface area contributed by atoms with Gasteiger partial charge >= 0.3 is 17.9 Å². The molecule has 0 heterocycles. The standard InChI is InChI=1S/C62H96O6/c1-4-7-10-13-16-19-22-25-27-28-29-30-31-32-33-34-35-38-40-43-46-49-52-55-61(64)67-58-59(57-66-60(63)54-51-48-45-42-39-36-24-21-18-15-12-9-6-3)68-62(65)56-53-50-47-44-41-37-26-23-20-17-14-11-8-5-2/h7,9-10,12,14,16-19,21,23,25-27,29-30,32-33,35-36,38-39,43,46,59H,4-6,8,11,13,15,20,22,24,28,31,34,37,40-42,44-45,47-58H2,1-3H3/b10-7-,12-9-,17-14-,19-16-,21-18-,26-23-,27-25-,30-29-,33-32-,38-35-,39-36-,46-43-. The molecule has 6 nitrogen and oxygen atoms in total. The van der Waals surface area contributed by atoms with E-state index in [1.165, 1.54) is 19.3 Å². The lowest BCUT2D eigenvalue weighted by atomic mass is 10.1. The molecule has 6 heteroatoms. The molecule has 68 heavy (non-hydrogen) atoms. The van der Waals surface area contributed by atoms with Gasteiger partial charge in [0.05, 0.1) is 0 Å². The molecule has 0 spiro atoms. The lowest BCUT2D eigenvalue weighted by Crippen LogP contribution is -2.30. The summed E-state index contributed by atoms with van der Waals surface area (Å²) in [6.07, 6.45) is 78.4. The Hall–Kier alpha value is -4.71. The van der Waals surface area contributed by atoms with E-state index in [0.29, 0.717) is 12.8 Å². The van der Waals surface area contributed by atoms with E-state index in [-0.39, 0.29) is 44.0 Å². The molecule has 0 aliphatic carbocycles. The van der Waals surface area contributed by atoms with Crippen LogP contribution in [-0.4, -0.2) is 37.2 Å². The van der Waals surface area contributed by atoms with Crippen LogP contribution in [0.1, 0.15) is 207 Å². The third kappa shape index (κ3) is 52.3. The Morgan fingerprint density at radius 2 is 0.588 bits per heavy atom. The molecule has 0 saturated carbocycles. The molecule has 0 aliphatic heterocycles. The van der Waals surface area contributed by atoms with Crippen LogP contribution in [0.25, 0.3) is 0 Å². The van der Waals surface area contributed by atoms with E-state index in [4.69, 9.17) is 14.2 Å². The molecular formula is C62H96O6. The Morgan fingerprint density at radius 1 is 0.309 bits per heavy atom. The van der Waals surface area contributed by atoms with Gasteiger partial charge in [0.1, 0.15) is 13.2 Å². The second kappa shape index (κ2) is 54.9. The Labute approximate surface area is 417 Å². The predicted octanol–water partition coefficient (Wildman–Crippen LogP) is 18.0. The summed E-state index contributed by atoms with van der Waals surface area (Å²) in [4.78, 5) is 38.0. The average molecular weight is 937 g/mol. The van der Waals surface area contributed by atoms with Crippen LogP contribution in [0.3, 0.4) is 0 Å². The highest BCUT2D eigenvalue weighted by molar-refractivity contribution is 5.71. The van der Waals surface area contributed by atoms with Crippen molar-refractivity contribution in [2.75, 3.05) is 13.2 Å². The van der Waals surface area contributed by atoms with Gasteiger partial charge in [0.15, 0.2) is 6.10 Å². The summed E-state index contributed by atoms with van der Waals surface area (Å²) in [5, 5.41) is 0. The maximum absolute atomic E-state index is 12.8. The highest BCUT2D eigenvalue weighted by Gasteiger charge is 2.19. The van der Waals surface area contributed by atoms with Crippen LogP contribution in [0.5, 0.6) is 0 Å². The molecule has 0 radical (unpaired) electrons. The number of rotatable bonds is 46. The van der Waals surface area contributed by atoms with Crippen LogP contribution in [-0.2, 0) is 28.6 Å². The van der Waals surface area contributed by atoms with Crippen LogP contribution in [0.15, 0.2) is 146 Å². The SMILES string of the molecule is CC/C=C\C/C=C\C/C=C\C/C=C\C/C=C\C/C=C\C/C=C\CCCC(=O)OCC(COC(=O)CCCCC/C=C\C/C=C\C/C=C\CC)OC(=O)CCCCCCC/C=C\C/C=C\CCCC. The van der Waals surface area contributed by atoms with E-state index in [0.717, 1.165) is 141 Å². The van der Waals surface area contributed by atoms with E-state index >= 15 is 0 Å². The molecule has 0 bridgehead atoms. The number of carbonyl (C=O) groups is 3. The number of hydrogen-bond donors (Lipinski definition) is 0. The molecular weight excluding hydrogens is 841 g/mol. The Balaban J connectivity index is 4.54. The minimum Gasteiger partial charge on any atom is -0.462 e. The van der Waals surface area contributed by atoms with E-state index in [2.05, 4.69) is 167 Å². The molecule has 1 unspecified atom stereocenters. The Morgan fingerprint density at radius 3 is 0.971 bits per heavy atom. The summed E-state index contributed by atoms with van der Waals surface area (Å²) in [5.74, 6) is -1.04. The topological polar surface area (TPSA) is 78.9 Å². The maximum Gasteiger partial charge on any atom is 0.306 e. The summed E-state index contributed by atoms with van der Waals surface area (Å²) >= 11 is 0. The third-order valence-corrected chi connectivity index (χ3v) is 10.6. The largest absolute Gasteiger partial charge is 0.462 e. The van der Waals surface area contributed by atoms with Gasteiger partial charge in [0, 0.05) is 19.3 Å². The molecule has 0 fully saturated rings. The van der Waals surface area contributed by atoms with Gasteiger partial charge in [0.25, 0.3) is 0 Å². The smallest absolute Gasteiger partial charge is 0.306 e. The van der Waals surface area contributed by atoms with Gasteiger partial charge in [-0.2, -0.15) is 0 Å². The van der Waals surface area contributed by atoms with Gasteiger partial charge in [-0.25, -0.2) is 0 Å². The monoisotopic (exact) mass is 937 g/mol. The summed E-state index contributed by atoms with van der Waals surface area (Å²) in [7, 11) is 0. The molecule has 0 saturated heterocycles. The first-order valence-corrected chi connectivity index (χ1v) is 26.8. The molecule has 0 amide bonds. The van der Waals surface area contributed by atoms with Crippen LogP contribution in [0, 0.1) is 0 Å². The fourth-order valence-corrected chi connectivity index (χ4v) is 6.58. The minimum absolute atomic E-state index is 0.123. The summed E-state index contributed by atoms with van der Waals surface area (Å²) in [6, 6.07) is 0. The molecule has 0 aliphatic rings. The zero-order valence-corrected chi connectivity index (χ0v) is 43.3. The Kier molecular flexibility index (Phi) is 51.1. The van der Waals surface area contributed by atoms with Crippen LogP contribution in [0.2, 0.25) is 0 Å². The van der Waals surface area contributed by atoms with Crippen molar-refractivity contribution in [3.05, 3.63) is 146 Å². The molecule has 0 aromatic heterocycles. The van der Waals surface area contributed by atoms with Gasteiger partial charge in [-0.3, -0.25) is 14.4 Å². The second-order valence-corrected chi connectivity index (χ2v) is 17.0. The summed E-state index contributed by atoms with van der Waals surface area (Å²) < 4.78 is 16.7. The molecule has 1 atom stereocenters. The van der Waals surface area contributed by atoms with Crippen LogP contribution in [0.4, 0.5) is 0 Å². The fraction of sp³-hybridized carbons (Fsp3) is 0.565. The minimum atomic E-state index is -0.827. The Bertz CT molecular complexity index is 1540. The summed E-state index contributed by atoms with van der Waals surface area (Å²) in [6.45, 7) is 6.26. The lowest BCUT2D eigenvalue weighted by Gasteiger charge is -2.18. The zero-order chi connectivity index (χ0) is 49.3. The third-order valence-electron chi connectivity index (χ3n) is 10.6. The summed E-state index contributed by atoms with van der Waals surface area (Å²) in [5.41, 5.74) is 0. The van der Waals surface area contributed by atoms with Crippen molar-refractivity contribution in [3.63, 3.8) is 0 Å². The van der Waals surface area contributed by atoms with Gasteiger partial charge in [-0.05, 0) is 128 Å². The lowest BCUT2D eigenvalue weighted by molar-refractivity contribution is -0.167. The van der Waals surface area contributed by atoms with Crippen molar-refractivity contribution in [2.24, 2.45) is 0 Å².